The molecule has 0 fully saturated rings. The van der Waals surface area contributed by atoms with Gasteiger partial charge in [-0.25, -0.2) is 9.78 Å². The molecule has 1 rings (SSSR count). The summed E-state index contributed by atoms with van der Waals surface area (Å²) in [5.74, 6) is -0.119. The van der Waals surface area contributed by atoms with Crippen molar-refractivity contribution in [2.75, 3.05) is 25.5 Å². The van der Waals surface area contributed by atoms with Crippen molar-refractivity contribution in [3.05, 3.63) is 22.8 Å². The van der Waals surface area contributed by atoms with Crippen molar-refractivity contribution in [1.29, 1.82) is 0 Å². The molecule has 0 aromatic carbocycles. The number of carbonyl (C=O) groups excluding carboxylic acids is 2. The predicted octanol–water partition coefficient (Wildman–Crippen LogP) is 1.98. The number of aromatic nitrogens is 1. The molecule has 0 saturated carbocycles. The van der Waals surface area contributed by atoms with E-state index in [0.717, 1.165) is 0 Å². The summed E-state index contributed by atoms with van der Waals surface area (Å²) in [5, 5.41) is 2.92. The zero-order chi connectivity index (χ0) is 16.7. The average Bonchev–Trinajstić information content (AvgIpc) is 2.44. The Morgan fingerprint density at radius 1 is 1.41 bits per heavy atom. The van der Waals surface area contributed by atoms with Gasteiger partial charge in [-0.3, -0.25) is 9.69 Å². The van der Waals surface area contributed by atoms with E-state index in [9.17, 15) is 9.59 Å². The Morgan fingerprint density at radius 2 is 2.09 bits per heavy atom. The number of esters is 1. The van der Waals surface area contributed by atoms with Crippen molar-refractivity contribution in [3.8, 4) is 0 Å². The van der Waals surface area contributed by atoms with Gasteiger partial charge in [0, 0.05) is 12.6 Å². The molecule has 0 aliphatic carbocycles. The highest BCUT2D eigenvalue weighted by atomic mass is 35.5. The van der Waals surface area contributed by atoms with E-state index in [0.29, 0.717) is 5.56 Å². The summed E-state index contributed by atoms with van der Waals surface area (Å²) >= 11 is 5.88. The minimum Gasteiger partial charge on any atom is -0.460 e. The van der Waals surface area contributed by atoms with Gasteiger partial charge in [-0.15, -0.1) is 0 Å². The largest absolute Gasteiger partial charge is 0.460 e. The standard InChI is InChI=1S/C14H20ClN3O4/c1-9(2)22-14(20)18(4)13-10(5-6-11(15)17-13)8-21-12(19)7-16-3/h5-6,9,16H,7-8H2,1-4H3. The monoisotopic (exact) mass is 329 g/mol. The molecule has 1 N–H and O–H groups in total. The summed E-state index contributed by atoms with van der Waals surface area (Å²) in [4.78, 5) is 28.7. The molecule has 0 radical (unpaired) electrons. The van der Waals surface area contributed by atoms with Crippen LogP contribution < -0.4 is 10.2 Å². The summed E-state index contributed by atoms with van der Waals surface area (Å²) in [5.41, 5.74) is 0.553. The molecule has 8 heteroatoms. The van der Waals surface area contributed by atoms with Crippen LogP contribution in [0.1, 0.15) is 19.4 Å². The van der Waals surface area contributed by atoms with E-state index in [1.54, 1.807) is 33.0 Å². The molecule has 22 heavy (non-hydrogen) atoms. The van der Waals surface area contributed by atoms with Gasteiger partial charge < -0.3 is 14.8 Å². The molecule has 0 bridgehead atoms. The normalized spacial score (nSPS) is 10.5. The number of nitrogens with zero attached hydrogens (tertiary/aromatic N) is 2. The second-order valence-corrected chi connectivity index (χ2v) is 5.19. The first-order chi connectivity index (χ1) is 10.3. The third-order valence-corrected chi connectivity index (χ3v) is 2.77. The van der Waals surface area contributed by atoms with Gasteiger partial charge >= 0.3 is 12.1 Å². The lowest BCUT2D eigenvalue weighted by molar-refractivity contribution is -0.143. The van der Waals surface area contributed by atoms with Crippen LogP contribution in [0.2, 0.25) is 5.15 Å². The molecule has 1 aromatic rings. The molecular formula is C14H20ClN3O4. The second kappa shape index (κ2) is 8.55. The van der Waals surface area contributed by atoms with Crippen molar-refractivity contribution < 1.29 is 19.1 Å². The maximum atomic E-state index is 12.0. The summed E-state index contributed by atoms with van der Waals surface area (Å²) in [6.07, 6.45) is -0.821. The fourth-order valence-corrected chi connectivity index (χ4v) is 1.72. The summed E-state index contributed by atoms with van der Waals surface area (Å²) < 4.78 is 10.2. The lowest BCUT2D eigenvalue weighted by Crippen LogP contribution is -2.31. The number of amides is 1. The molecule has 0 unspecified atom stereocenters. The number of likely N-dealkylation sites (N-methyl/N-ethyl adjacent to an activating group) is 1. The number of ether oxygens (including phenoxy) is 2. The highest BCUT2D eigenvalue weighted by Gasteiger charge is 2.19. The zero-order valence-corrected chi connectivity index (χ0v) is 13.8. The number of nitrogens with one attached hydrogen (secondary N) is 1. The van der Waals surface area contributed by atoms with Crippen LogP contribution in [-0.4, -0.2) is 43.8 Å². The van der Waals surface area contributed by atoms with E-state index in [1.807, 2.05) is 0 Å². The van der Waals surface area contributed by atoms with Crippen LogP contribution in [0, 0.1) is 0 Å². The number of carbonyl (C=O) groups is 2. The summed E-state index contributed by atoms with van der Waals surface area (Å²) in [6.45, 7) is 3.58. The van der Waals surface area contributed by atoms with E-state index in [-0.39, 0.29) is 30.2 Å². The van der Waals surface area contributed by atoms with Gasteiger partial charge in [-0.2, -0.15) is 0 Å². The van der Waals surface area contributed by atoms with Gasteiger partial charge in [0.25, 0.3) is 0 Å². The third kappa shape index (κ3) is 5.50. The smallest absolute Gasteiger partial charge is 0.415 e. The quantitative estimate of drug-likeness (QED) is 0.635. The van der Waals surface area contributed by atoms with Crippen LogP contribution >= 0.6 is 11.6 Å². The Kier molecular flexibility index (Phi) is 7.07. The first-order valence-corrected chi connectivity index (χ1v) is 7.13. The van der Waals surface area contributed by atoms with E-state index >= 15 is 0 Å². The number of rotatable bonds is 6. The molecule has 0 atom stereocenters. The highest BCUT2D eigenvalue weighted by molar-refractivity contribution is 6.29. The molecule has 7 nitrogen and oxygen atoms in total. The number of hydrogen-bond donors (Lipinski definition) is 1. The van der Waals surface area contributed by atoms with Crippen LogP contribution in [0.5, 0.6) is 0 Å². The third-order valence-electron chi connectivity index (χ3n) is 2.56. The molecule has 0 aliphatic rings. The minimum absolute atomic E-state index is 0.0146. The summed E-state index contributed by atoms with van der Waals surface area (Å²) in [7, 11) is 3.16. The fraction of sp³-hybridized carbons (Fsp3) is 0.500. The molecule has 1 amide bonds. The van der Waals surface area contributed by atoms with Crippen LogP contribution in [0.15, 0.2) is 12.1 Å². The van der Waals surface area contributed by atoms with Crippen molar-refractivity contribution in [1.82, 2.24) is 10.3 Å². The predicted molar refractivity (Wildman–Crippen MR) is 83.0 cm³/mol. The van der Waals surface area contributed by atoms with Crippen molar-refractivity contribution in [2.45, 2.75) is 26.6 Å². The van der Waals surface area contributed by atoms with Crippen LogP contribution in [0.25, 0.3) is 0 Å². The van der Waals surface area contributed by atoms with Gasteiger partial charge in [0.05, 0.1) is 12.6 Å². The SMILES string of the molecule is CNCC(=O)OCc1ccc(Cl)nc1N(C)C(=O)OC(C)C. The second-order valence-electron chi connectivity index (χ2n) is 4.80. The van der Waals surface area contributed by atoms with E-state index in [4.69, 9.17) is 21.1 Å². The molecule has 0 aliphatic heterocycles. The number of anilines is 1. The Morgan fingerprint density at radius 3 is 2.68 bits per heavy atom. The van der Waals surface area contributed by atoms with Crippen molar-refractivity contribution >= 4 is 29.5 Å². The maximum absolute atomic E-state index is 12.0. The average molecular weight is 330 g/mol. The van der Waals surface area contributed by atoms with Crippen LogP contribution in [0.4, 0.5) is 10.6 Å². The van der Waals surface area contributed by atoms with Gasteiger partial charge in [0.1, 0.15) is 17.6 Å². The molecule has 1 heterocycles. The Hall–Kier alpha value is -1.86. The van der Waals surface area contributed by atoms with Crippen LogP contribution in [-0.2, 0) is 20.9 Å². The molecule has 122 valence electrons. The number of halogens is 1. The first-order valence-electron chi connectivity index (χ1n) is 6.75. The van der Waals surface area contributed by atoms with Crippen LogP contribution in [0.3, 0.4) is 0 Å². The Bertz CT molecular complexity index is 537. The number of hydrogen-bond acceptors (Lipinski definition) is 6. The summed E-state index contributed by atoms with van der Waals surface area (Å²) in [6, 6.07) is 3.21. The lowest BCUT2D eigenvalue weighted by atomic mass is 10.2. The Balaban J connectivity index is 2.90. The first kappa shape index (κ1) is 18.2. The Labute approximate surface area is 134 Å². The van der Waals surface area contributed by atoms with Gasteiger partial charge in [0.2, 0.25) is 0 Å². The maximum Gasteiger partial charge on any atom is 0.415 e. The van der Waals surface area contributed by atoms with Gasteiger partial charge in [-0.1, -0.05) is 11.6 Å². The lowest BCUT2D eigenvalue weighted by Gasteiger charge is -2.20. The van der Waals surface area contributed by atoms with E-state index in [1.165, 1.54) is 11.9 Å². The van der Waals surface area contributed by atoms with Gasteiger partial charge in [-0.05, 0) is 33.0 Å². The topological polar surface area (TPSA) is 80.8 Å². The number of pyridine rings is 1. The molecular weight excluding hydrogens is 310 g/mol. The molecule has 0 saturated heterocycles. The van der Waals surface area contributed by atoms with Gasteiger partial charge in [0.15, 0.2) is 0 Å². The minimum atomic E-state index is -0.562. The zero-order valence-electron chi connectivity index (χ0n) is 13.1. The molecule has 1 aromatic heterocycles. The van der Waals surface area contributed by atoms with Crippen molar-refractivity contribution in [3.63, 3.8) is 0 Å². The van der Waals surface area contributed by atoms with Crippen molar-refractivity contribution in [2.24, 2.45) is 0 Å². The fourth-order valence-electron chi connectivity index (χ4n) is 1.58. The van der Waals surface area contributed by atoms with E-state index in [2.05, 4.69) is 10.3 Å². The highest BCUT2D eigenvalue weighted by Crippen LogP contribution is 2.21. The molecule has 0 spiro atoms. The van der Waals surface area contributed by atoms with E-state index < -0.39 is 12.1 Å².